The average molecular weight is 336 g/mol. The highest BCUT2D eigenvalue weighted by molar-refractivity contribution is 7.80. The van der Waals surface area contributed by atoms with E-state index in [0.29, 0.717) is 12.7 Å². The zero-order chi connectivity index (χ0) is 16.4. The summed E-state index contributed by atoms with van der Waals surface area (Å²) in [6.07, 6.45) is 2.75. The van der Waals surface area contributed by atoms with Gasteiger partial charge in [0, 0.05) is 16.9 Å². The van der Waals surface area contributed by atoms with Crippen LogP contribution in [0.4, 0.5) is 13.2 Å². The van der Waals surface area contributed by atoms with Crippen LogP contribution in [-0.2, 0) is 17.8 Å². The van der Waals surface area contributed by atoms with Crippen molar-refractivity contribution in [3.63, 3.8) is 0 Å². The average Bonchev–Trinajstić information content (AvgIpc) is 2.52. The first-order chi connectivity index (χ1) is 11.0. The fourth-order valence-electron chi connectivity index (χ4n) is 2.67. The van der Waals surface area contributed by atoms with Crippen molar-refractivity contribution in [2.24, 2.45) is 0 Å². The first-order valence-electron chi connectivity index (χ1n) is 7.21. The predicted molar refractivity (Wildman–Crippen MR) is 85.9 cm³/mol. The number of benzene rings is 2. The molecular weight excluding hydrogens is 321 g/mol. The summed E-state index contributed by atoms with van der Waals surface area (Å²) in [5.74, 6) is -3.08. The van der Waals surface area contributed by atoms with E-state index in [1.165, 1.54) is 11.1 Å². The molecule has 3 rings (SSSR count). The lowest BCUT2D eigenvalue weighted by atomic mass is 9.91. The normalized spacial score (nSPS) is 16.9. The summed E-state index contributed by atoms with van der Waals surface area (Å²) < 4.78 is 45.0. The highest BCUT2D eigenvalue weighted by atomic mass is 32.1. The molecule has 0 saturated heterocycles. The fraction of sp³-hybridized carbons (Fsp3) is 0.222. The van der Waals surface area contributed by atoms with Gasteiger partial charge in [0.25, 0.3) is 0 Å². The molecule has 0 aliphatic heterocycles. The number of rotatable bonds is 4. The van der Waals surface area contributed by atoms with E-state index >= 15 is 0 Å². The molecule has 1 nitrogen and oxygen atoms in total. The van der Waals surface area contributed by atoms with Gasteiger partial charge in [-0.05, 0) is 29.2 Å². The van der Waals surface area contributed by atoms with E-state index in [4.69, 9.17) is 4.74 Å². The molecule has 0 radical (unpaired) electrons. The number of thiol groups is 1. The minimum absolute atomic E-state index is 0.00134. The Morgan fingerprint density at radius 2 is 1.74 bits per heavy atom. The summed E-state index contributed by atoms with van der Waals surface area (Å²) in [6.45, 7) is 0.184. The molecule has 1 atom stereocenters. The zero-order valence-electron chi connectivity index (χ0n) is 12.2. The number of hydrogen-bond donors (Lipinski definition) is 1. The van der Waals surface area contributed by atoms with Crippen molar-refractivity contribution < 1.29 is 17.9 Å². The van der Waals surface area contributed by atoms with Gasteiger partial charge in [-0.15, -0.1) is 0 Å². The van der Waals surface area contributed by atoms with Crippen molar-refractivity contribution in [1.29, 1.82) is 0 Å². The minimum Gasteiger partial charge on any atom is -0.372 e. The number of fused-ring (bicyclic) bond motifs is 1. The second kappa shape index (κ2) is 6.81. The Morgan fingerprint density at radius 1 is 1.00 bits per heavy atom. The van der Waals surface area contributed by atoms with Crippen LogP contribution >= 0.6 is 12.6 Å². The molecule has 120 valence electrons. The maximum Gasteiger partial charge on any atom is 0.161 e. The summed E-state index contributed by atoms with van der Waals surface area (Å²) in [4.78, 5) is 0. The third kappa shape index (κ3) is 3.62. The molecule has 0 aromatic heterocycles. The van der Waals surface area contributed by atoms with Crippen molar-refractivity contribution in [3.05, 3.63) is 82.2 Å². The summed E-state index contributed by atoms with van der Waals surface area (Å²) in [5, 5.41) is -0.00134. The highest BCUT2D eigenvalue weighted by Gasteiger charge is 2.17. The number of ether oxygens (including phenoxy) is 1. The summed E-state index contributed by atoms with van der Waals surface area (Å²) in [5.41, 5.74) is 3.40. The Balaban J connectivity index is 1.63. The lowest BCUT2D eigenvalue weighted by Crippen LogP contribution is -2.10. The van der Waals surface area contributed by atoms with Gasteiger partial charge < -0.3 is 4.74 Å². The van der Waals surface area contributed by atoms with Crippen molar-refractivity contribution in [1.82, 2.24) is 0 Å². The Labute approximate surface area is 138 Å². The molecule has 0 bridgehead atoms. The van der Waals surface area contributed by atoms with Crippen LogP contribution in [0.25, 0.3) is 0 Å². The van der Waals surface area contributed by atoms with Gasteiger partial charge in [-0.25, -0.2) is 13.2 Å². The van der Waals surface area contributed by atoms with Crippen LogP contribution in [0.3, 0.4) is 0 Å². The van der Waals surface area contributed by atoms with Crippen molar-refractivity contribution in [2.45, 2.75) is 18.3 Å². The number of hydrogen-bond acceptors (Lipinski definition) is 2. The Morgan fingerprint density at radius 3 is 2.57 bits per heavy atom. The van der Waals surface area contributed by atoms with Crippen molar-refractivity contribution >= 4 is 12.6 Å². The van der Waals surface area contributed by atoms with E-state index in [2.05, 4.69) is 12.6 Å². The van der Waals surface area contributed by atoms with E-state index in [-0.39, 0.29) is 17.4 Å². The van der Waals surface area contributed by atoms with Crippen molar-refractivity contribution in [3.8, 4) is 0 Å². The van der Waals surface area contributed by atoms with E-state index in [1.54, 1.807) is 0 Å². The molecule has 0 spiro atoms. The van der Waals surface area contributed by atoms with E-state index < -0.39 is 17.5 Å². The van der Waals surface area contributed by atoms with Crippen LogP contribution in [-0.4, -0.2) is 6.61 Å². The first-order valence-corrected chi connectivity index (χ1v) is 7.73. The standard InChI is InChI=1S/C18H15F3OS/c19-15-8-17(21)16(20)7-13(15)10-22-9-11-5-12-3-1-2-4-14(12)18(23)6-11/h1-4,6-8,18,23H,5,9-10H2/t18-/m1/s1. The summed E-state index contributed by atoms with van der Waals surface area (Å²) in [7, 11) is 0. The van der Waals surface area contributed by atoms with Crippen LogP contribution in [0.5, 0.6) is 0 Å². The van der Waals surface area contributed by atoms with Crippen LogP contribution in [0, 0.1) is 17.5 Å². The SMILES string of the molecule is Fc1cc(F)c(COCC2=C[C@@H](S)c3ccccc3C2)cc1F. The van der Waals surface area contributed by atoms with Crippen LogP contribution in [0.2, 0.25) is 0 Å². The van der Waals surface area contributed by atoms with Gasteiger partial charge >= 0.3 is 0 Å². The van der Waals surface area contributed by atoms with Crippen LogP contribution in [0.1, 0.15) is 21.9 Å². The lowest BCUT2D eigenvalue weighted by molar-refractivity contribution is 0.137. The second-order valence-corrected chi connectivity index (χ2v) is 6.05. The van der Waals surface area contributed by atoms with Gasteiger partial charge in [-0.1, -0.05) is 30.3 Å². The molecule has 0 heterocycles. The van der Waals surface area contributed by atoms with E-state index in [0.717, 1.165) is 18.1 Å². The maximum atomic E-state index is 13.5. The molecular formula is C18H15F3OS. The monoisotopic (exact) mass is 336 g/mol. The molecule has 1 aliphatic rings. The molecule has 5 heteroatoms. The van der Waals surface area contributed by atoms with Gasteiger partial charge in [-0.3, -0.25) is 0 Å². The summed E-state index contributed by atoms with van der Waals surface area (Å²) >= 11 is 4.55. The largest absolute Gasteiger partial charge is 0.372 e. The Bertz CT molecular complexity index is 758. The maximum absolute atomic E-state index is 13.5. The quantitative estimate of drug-likeness (QED) is 0.480. The van der Waals surface area contributed by atoms with Gasteiger partial charge in [-0.2, -0.15) is 12.6 Å². The molecule has 1 aliphatic carbocycles. The Kier molecular flexibility index (Phi) is 4.78. The first kappa shape index (κ1) is 16.1. The van der Waals surface area contributed by atoms with Crippen LogP contribution < -0.4 is 0 Å². The van der Waals surface area contributed by atoms with E-state index in [9.17, 15) is 13.2 Å². The predicted octanol–water partition coefficient (Wildman–Crippen LogP) is 4.77. The lowest BCUT2D eigenvalue weighted by Gasteiger charge is -2.21. The van der Waals surface area contributed by atoms with E-state index in [1.807, 2.05) is 30.3 Å². The van der Waals surface area contributed by atoms with Gasteiger partial charge in [0.2, 0.25) is 0 Å². The number of halogens is 3. The third-order valence-corrected chi connectivity index (χ3v) is 4.25. The third-order valence-electron chi connectivity index (χ3n) is 3.82. The molecule has 0 fully saturated rings. The molecule has 0 saturated carbocycles. The Hall–Kier alpha value is -1.72. The zero-order valence-corrected chi connectivity index (χ0v) is 13.1. The molecule has 0 amide bonds. The fourth-order valence-corrected chi connectivity index (χ4v) is 3.13. The molecule has 23 heavy (non-hydrogen) atoms. The van der Waals surface area contributed by atoms with Gasteiger partial charge in [0.1, 0.15) is 5.82 Å². The summed E-state index contributed by atoms with van der Waals surface area (Å²) in [6, 6.07) is 9.39. The molecule has 2 aromatic rings. The molecule has 2 aromatic carbocycles. The van der Waals surface area contributed by atoms with Gasteiger partial charge in [0.15, 0.2) is 11.6 Å². The topological polar surface area (TPSA) is 9.23 Å². The molecule has 0 N–H and O–H groups in total. The second-order valence-electron chi connectivity index (χ2n) is 5.50. The van der Waals surface area contributed by atoms with Crippen molar-refractivity contribution in [2.75, 3.05) is 6.61 Å². The minimum atomic E-state index is -1.20. The molecule has 0 unspecified atom stereocenters. The van der Waals surface area contributed by atoms with Gasteiger partial charge in [0.05, 0.1) is 13.2 Å². The highest BCUT2D eigenvalue weighted by Crippen LogP contribution is 2.32. The smallest absolute Gasteiger partial charge is 0.161 e. The van der Waals surface area contributed by atoms with Crippen LogP contribution in [0.15, 0.2) is 48.0 Å².